The lowest BCUT2D eigenvalue weighted by Gasteiger charge is -2.05. The molecule has 1 amide bonds. The number of H-pyrrole nitrogens is 1. The third-order valence-electron chi connectivity index (χ3n) is 2.26. The summed E-state index contributed by atoms with van der Waals surface area (Å²) in [5, 5.41) is 20.7. The van der Waals surface area contributed by atoms with E-state index in [1.165, 1.54) is 12.5 Å². The average Bonchev–Trinajstić information content (AvgIpc) is 2.95. The van der Waals surface area contributed by atoms with Gasteiger partial charge in [0.25, 0.3) is 5.91 Å². The van der Waals surface area contributed by atoms with Crippen LogP contribution >= 0.6 is 11.6 Å². The lowest BCUT2D eigenvalue weighted by atomic mass is 10.2. The van der Waals surface area contributed by atoms with Crippen molar-refractivity contribution in [3.8, 4) is 6.07 Å². The largest absolute Gasteiger partial charge is 0.330 e. The standard InChI is InChI=1S/C12H9ClN6O/c13-9-3-1-2-4-10(9)18-11(20)8(5-14)6-15-12-16-7-17-19-12/h1-4,6-7H,(H,18,20)(H2,15,16,17,19)/b8-6-. The van der Waals surface area contributed by atoms with Crippen LogP contribution in [-0.2, 0) is 4.79 Å². The topological polar surface area (TPSA) is 106 Å². The van der Waals surface area contributed by atoms with Crippen LogP contribution in [0.2, 0.25) is 5.02 Å². The molecule has 0 fully saturated rings. The lowest BCUT2D eigenvalue weighted by Crippen LogP contribution is -2.14. The monoisotopic (exact) mass is 288 g/mol. The minimum Gasteiger partial charge on any atom is -0.330 e. The fraction of sp³-hybridized carbons (Fsp3) is 0. The van der Waals surface area contributed by atoms with Gasteiger partial charge >= 0.3 is 0 Å². The van der Waals surface area contributed by atoms with Crippen LogP contribution in [0.15, 0.2) is 42.4 Å². The first-order valence-electron chi connectivity index (χ1n) is 5.49. The van der Waals surface area contributed by atoms with E-state index in [-0.39, 0.29) is 5.57 Å². The first kappa shape index (κ1) is 13.6. The number of amides is 1. The van der Waals surface area contributed by atoms with Crippen molar-refractivity contribution in [3.63, 3.8) is 0 Å². The number of aromatic amines is 1. The van der Waals surface area contributed by atoms with Crippen LogP contribution in [0.4, 0.5) is 11.6 Å². The van der Waals surface area contributed by atoms with E-state index >= 15 is 0 Å². The highest BCUT2D eigenvalue weighted by molar-refractivity contribution is 6.33. The fourth-order valence-corrected chi connectivity index (χ4v) is 1.50. The van der Waals surface area contributed by atoms with E-state index in [2.05, 4.69) is 25.8 Å². The summed E-state index contributed by atoms with van der Waals surface area (Å²) in [6.45, 7) is 0. The normalized spacial score (nSPS) is 10.7. The molecule has 0 aliphatic rings. The summed E-state index contributed by atoms with van der Waals surface area (Å²) in [6.07, 6.45) is 2.53. The van der Waals surface area contributed by atoms with Crippen molar-refractivity contribution < 1.29 is 4.79 Å². The van der Waals surface area contributed by atoms with Crippen LogP contribution in [0.5, 0.6) is 0 Å². The van der Waals surface area contributed by atoms with Gasteiger partial charge in [0.05, 0.1) is 10.7 Å². The Labute approximate surface area is 119 Å². The van der Waals surface area contributed by atoms with Crippen LogP contribution in [-0.4, -0.2) is 21.1 Å². The summed E-state index contributed by atoms with van der Waals surface area (Å²) in [4.78, 5) is 15.7. The van der Waals surface area contributed by atoms with Gasteiger partial charge in [0.15, 0.2) is 0 Å². The molecule has 7 nitrogen and oxygen atoms in total. The summed E-state index contributed by atoms with van der Waals surface area (Å²) >= 11 is 5.92. The number of nitriles is 1. The summed E-state index contributed by atoms with van der Waals surface area (Å²) in [5.41, 5.74) is 0.307. The number of carbonyl (C=O) groups excluding carboxylic acids is 1. The molecule has 3 N–H and O–H groups in total. The maximum absolute atomic E-state index is 11.9. The summed E-state index contributed by atoms with van der Waals surface area (Å²) in [6, 6.07) is 8.53. The Bertz CT molecular complexity index is 674. The molecule has 1 aromatic heterocycles. The number of hydrogen-bond donors (Lipinski definition) is 3. The molecule has 0 atom stereocenters. The Morgan fingerprint density at radius 2 is 2.25 bits per heavy atom. The smallest absolute Gasteiger partial charge is 0.267 e. The second-order valence-electron chi connectivity index (χ2n) is 3.58. The van der Waals surface area contributed by atoms with E-state index in [9.17, 15) is 4.79 Å². The van der Waals surface area contributed by atoms with Crippen molar-refractivity contribution in [1.29, 1.82) is 5.26 Å². The van der Waals surface area contributed by atoms with E-state index in [0.717, 1.165) is 0 Å². The Morgan fingerprint density at radius 1 is 1.45 bits per heavy atom. The van der Waals surface area contributed by atoms with Crippen molar-refractivity contribution in [2.75, 3.05) is 10.6 Å². The second-order valence-corrected chi connectivity index (χ2v) is 3.99. The summed E-state index contributed by atoms with van der Waals surface area (Å²) in [7, 11) is 0. The van der Waals surface area contributed by atoms with Gasteiger partial charge in [-0.25, -0.2) is 5.10 Å². The number of para-hydroxylation sites is 1. The van der Waals surface area contributed by atoms with Gasteiger partial charge < -0.3 is 10.6 Å². The van der Waals surface area contributed by atoms with E-state index in [0.29, 0.717) is 16.7 Å². The van der Waals surface area contributed by atoms with Crippen molar-refractivity contribution in [3.05, 3.63) is 47.4 Å². The average molecular weight is 289 g/mol. The van der Waals surface area contributed by atoms with Crippen LogP contribution in [0.1, 0.15) is 0 Å². The molecular formula is C12H9ClN6O. The molecule has 0 spiro atoms. The summed E-state index contributed by atoms with van der Waals surface area (Å²) < 4.78 is 0. The minimum absolute atomic E-state index is 0.124. The Hall–Kier alpha value is -2.85. The highest BCUT2D eigenvalue weighted by atomic mass is 35.5. The van der Waals surface area contributed by atoms with E-state index < -0.39 is 5.91 Å². The molecule has 2 aromatic rings. The van der Waals surface area contributed by atoms with Gasteiger partial charge in [0.2, 0.25) is 5.95 Å². The lowest BCUT2D eigenvalue weighted by molar-refractivity contribution is -0.112. The number of anilines is 2. The van der Waals surface area contributed by atoms with E-state index in [4.69, 9.17) is 16.9 Å². The predicted octanol–water partition coefficient (Wildman–Crippen LogP) is 1.92. The minimum atomic E-state index is -0.576. The van der Waals surface area contributed by atoms with Gasteiger partial charge in [-0.3, -0.25) is 4.79 Å². The summed E-state index contributed by atoms with van der Waals surface area (Å²) in [5.74, 6) is -0.254. The van der Waals surface area contributed by atoms with E-state index in [1.54, 1.807) is 30.3 Å². The maximum Gasteiger partial charge on any atom is 0.267 e. The molecule has 2 rings (SSSR count). The zero-order chi connectivity index (χ0) is 14.4. The van der Waals surface area contributed by atoms with Crippen LogP contribution in [0.25, 0.3) is 0 Å². The number of hydrogen-bond acceptors (Lipinski definition) is 5. The number of benzene rings is 1. The zero-order valence-corrected chi connectivity index (χ0v) is 10.8. The molecule has 100 valence electrons. The van der Waals surface area contributed by atoms with Gasteiger partial charge in [-0.1, -0.05) is 23.7 Å². The van der Waals surface area contributed by atoms with Crippen molar-refractivity contribution >= 4 is 29.1 Å². The van der Waals surface area contributed by atoms with Crippen molar-refractivity contribution in [1.82, 2.24) is 15.2 Å². The van der Waals surface area contributed by atoms with Crippen LogP contribution in [0, 0.1) is 11.3 Å². The zero-order valence-electron chi connectivity index (χ0n) is 10.1. The van der Waals surface area contributed by atoms with Gasteiger partial charge in [-0.05, 0) is 12.1 Å². The Balaban J connectivity index is 2.08. The van der Waals surface area contributed by atoms with Gasteiger partial charge in [-0.15, -0.1) is 0 Å². The third-order valence-corrected chi connectivity index (χ3v) is 2.58. The number of nitrogens with zero attached hydrogens (tertiary/aromatic N) is 3. The number of aromatic nitrogens is 3. The molecule has 0 saturated heterocycles. The number of carbonyl (C=O) groups is 1. The fourth-order valence-electron chi connectivity index (χ4n) is 1.32. The second kappa shape index (κ2) is 6.36. The third kappa shape index (κ3) is 3.34. The van der Waals surface area contributed by atoms with Gasteiger partial charge in [-0.2, -0.15) is 15.3 Å². The molecule has 1 aromatic carbocycles. The molecule has 1 heterocycles. The highest BCUT2D eigenvalue weighted by Gasteiger charge is 2.11. The number of rotatable bonds is 4. The Kier molecular flexibility index (Phi) is 4.32. The molecule has 0 radical (unpaired) electrons. The molecular weight excluding hydrogens is 280 g/mol. The van der Waals surface area contributed by atoms with Gasteiger partial charge in [0, 0.05) is 6.20 Å². The first-order valence-corrected chi connectivity index (χ1v) is 5.86. The van der Waals surface area contributed by atoms with E-state index in [1.807, 2.05) is 0 Å². The molecule has 0 bridgehead atoms. The van der Waals surface area contributed by atoms with Crippen molar-refractivity contribution in [2.24, 2.45) is 0 Å². The molecule has 0 aliphatic heterocycles. The maximum atomic E-state index is 11.9. The van der Waals surface area contributed by atoms with Gasteiger partial charge in [0.1, 0.15) is 18.0 Å². The first-order chi connectivity index (χ1) is 9.70. The quantitative estimate of drug-likeness (QED) is 0.588. The molecule has 20 heavy (non-hydrogen) atoms. The predicted molar refractivity (Wildman–Crippen MR) is 73.8 cm³/mol. The molecule has 0 aliphatic carbocycles. The van der Waals surface area contributed by atoms with Crippen molar-refractivity contribution in [2.45, 2.75) is 0 Å². The van der Waals surface area contributed by atoms with Crippen LogP contribution in [0.3, 0.4) is 0 Å². The van der Waals surface area contributed by atoms with Crippen LogP contribution < -0.4 is 10.6 Å². The molecule has 0 saturated carbocycles. The molecule has 0 unspecified atom stereocenters. The number of nitrogens with one attached hydrogen (secondary N) is 3. The SMILES string of the molecule is N#C/C(=C/Nc1ncn[nH]1)C(=O)Nc1ccccc1Cl. The highest BCUT2D eigenvalue weighted by Crippen LogP contribution is 2.20. The Morgan fingerprint density at radius 3 is 2.90 bits per heavy atom. The number of halogens is 1. The molecule has 8 heteroatoms.